The van der Waals surface area contributed by atoms with E-state index >= 15 is 4.39 Å². The average molecular weight is 629 g/mol. The van der Waals surface area contributed by atoms with Gasteiger partial charge < -0.3 is 29.5 Å². The van der Waals surface area contributed by atoms with Gasteiger partial charge in [0.25, 0.3) is 11.8 Å². The van der Waals surface area contributed by atoms with E-state index < -0.39 is 35.3 Å². The number of nitrogens with one attached hydrogen (secondary N) is 1. The van der Waals surface area contributed by atoms with Gasteiger partial charge in [-0.05, 0) is 50.6 Å². The van der Waals surface area contributed by atoms with Gasteiger partial charge in [0.2, 0.25) is 11.8 Å². The summed E-state index contributed by atoms with van der Waals surface area (Å²) in [6.45, 7) is 3.23. The highest BCUT2D eigenvalue weighted by atomic mass is 19.4. The van der Waals surface area contributed by atoms with Crippen molar-refractivity contribution < 1.29 is 36.6 Å². The Hall–Kier alpha value is -4.46. The van der Waals surface area contributed by atoms with E-state index in [1.54, 1.807) is 24.1 Å². The molecule has 3 aliphatic rings. The number of fused-ring (bicyclic) bond motifs is 1. The largest absolute Gasteiger partial charge is 0.495 e. The van der Waals surface area contributed by atoms with Crippen LogP contribution in [0.3, 0.4) is 0 Å². The molecule has 0 radical (unpaired) electrons. The number of amides is 2. The highest BCUT2D eigenvalue weighted by Crippen LogP contribution is 2.42. The van der Waals surface area contributed by atoms with E-state index in [1.165, 1.54) is 24.1 Å². The lowest BCUT2D eigenvalue weighted by atomic mass is 9.79. The van der Waals surface area contributed by atoms with Gasteiger partial charge >= 0.3 is 6.18 Å². The molecule has 1 unspecified atom stereocenters. The fourth-order valence-electron chi connectivity index (χ4n) is 6.53. The van der Waals surface area contributed by atoms with Gasteiger partial charge in [0.15, 0.2) is 0 Å². The van der Waals surface area contributed by atoms with Crippen LogP contribution in [-0.2, 0) is 12.7 Å². The summed E-state index contributed by atoms with van der Waals surface area (Å²) < 4.78 is 68.2. The molecule has 14 heteroatoms. The fourth-order valence-corrected chi connectivity index (χ4v) is 6.53. The van der Waals surface area contributed by atoms with E-state index in [4.69, 9.17) is 9.47 Å². The van der Waals surface area contributed by atoms with Crippen molar-refractivity contribution in [2.75, 3.05) is 52.7 Å². The van der Waals surface area contributed by atoms with Gasteiger partial charge in [-0.3, -0.25) is 9.59 Å². The molecule has 4 heterocycles. The first-order valence-electron chi connectivity index (χ1n) is 14.5. The maximum absolute atomic E-state index is 15.4. The predicted molar refractivity (Wildman–Crippen MR) is 155 cm³/mol. The number of ether oxygens (including phenoxy) is 2. The van der Waals surface area contributed by atoms with Crippen molar-refractivity contribution in [2.45, 2.75) is 32.0 Å². The van der Waals surface area contributed by atoms with E-state index in [0.29, 0.717) is 24.8 Å². The molecule has 6 rings (SSSR count). The van der Waals surface area contributed by atoms with Gasteiger partial charge in [-0.15, -0.1) is 0 Å². The second kappa shape index (κ2) is 11.5. The van der Waals surface area contributed by atoms with Crippen molar-refractivity contribution in [2.24, 2.45) is 5.41 Å². The number of hydrogen-bond acceptors (Lipinski definition) is 8. The topological polar surface area (TPSA) is 100 Å². The molecule has 10 nitrogen and oxygen atoms in total. The smallest absolute Gasteiger partial charge is 0.423 e. The number of aromatic nitrogens is 2. The molecule has 0 bridgehead atoms. The number of likely N-dealkylation sites (tertiary alicyclic amines) is 2. The SMILES string of the molecule is COc1cc(C(=O)N2CCC3(CCCN(C)C3)C2)c(F)cc1Nc1ncc(C(F)(F)F)c(Oc2cccc3c2C(=O)N(C)C3)n1. The number of carbonyl (C=O) groups is 2. The summed E-state index contributed by atoms with van der Waals surface area (Å²) >= 11 is 0. The first-order valence-corrected chi connectivity index (χ1v) is 14.5. The molecular formula is C31H32F4N6O4. The molecule has 0 saturated carbocycles. The van der Waals surface area contributed by atoms with E-state index in [9.17, 15) is 22.8 Å². The number of piperidine rings is 1. The average Bonchev–Trinajstić information content (AvgIpc) is 3.52. The van der Waals surface area contributed by atoms with Gasteiger partial charge in [-0.1, -0.05) is 12.1 Å². The Labute approximate surface area is 256 Å². The Kier molecular flexibility index (Phi) is 7.79. The van der Waals surface area contributed by atoms with Crippen LogP contribution in [0.4, 0.5) is 29.2 Å². The molecule has 1 atom stereocenters. The van der Waals surface area contributed by atoms with Gasteiger partial charge in [0, 0.05) is 50.9 Å². The number of anilines is 2. The molecule has 1 aromatic heterocycles. The lowest BCUT2D eigenvalue weighted by molar-refractivity contribution is -0.139. The Bertz CT molecular complexity index is 1670. The van der Waals surface area contributed by atoms with Gasteiger partial charge in [-0.2, -0.15) is 18.2 Å². The molecule has 2 saturated heterocycles. The standard InChI is InChI=1S/C31H32F4N6O4/c1-39-10-5-8-30(16-39)9-11-41(17-30)27(42)19-12-24(44-3)22(13-21(19)32)37-29-36-14-20(31(33,34)35)26(38-29)45-23-7-4-6-18-15-40(2)28(43)25(18)23/h4,6-7,12-14H,5,8-11,15-17H2,1-3H3,(H,36,37,38). The van der Waals surface area contributed by atoms with Gasteiger partial charge in [0.1, 0.15) is 22.9 Å². The van der Waals surface area contributed by atoms with Crippen LogP contribution in [0.5, 0.6) is 17.4 Å². The molecule has 2 amide bonds. The zero-order valence-corrected chi connectivity index (χ0v) is 25.0. The second-order valence-corrected chi connectivity index (χ2v) is 11.9. The Morgan fingerprint density at radius 2 is 1.89 bits per heavy atom. The number of methoxy groups -OCH3 is 1. The van der Waals surface area contributed by atoms with E-state index in [0.717, 1.165) is 38.4 Å². The third kappa shape index (κ3) is 5.86. The highest BCUT2D eigenvalue weighted by molar-refractivity contribution is 6.01. The lowest BCUT2D eigenvalue weighted by Crippen LogP contribution is -2.43. The molecule has 45 heavy (non-hydrogen) atoms. The van der Waals surface area contributed by atoms with Crippen molar-refractivity contribution in [3.63, 3.8) is 0 Å². The lowest BCUT2D eigenvalue weighted by Gasteiger charge is -2.38. The molecule has 2 fully saturated rings. The monoisotopic (exact) mass is 628 g/mol. The zero-order chi connectivity index (χ0) is 32.1. The van der Waals surface area contributed by atoms with Gasteiger partial charge in [-0.25, -0.2) is 9.37 Å². The van der Waals surface area contributed by atoms with Crippen LogP contribution in [0.15, 0.2) is 36.5 Å². The van der Waals surface area contributed by atoms with E-state index in [-0.39, 0.29) is 46.2 Å². The van der Waals surface area contributed by atoms with Crippen LogP contribution in [0.25, 0.3) is 0 Å². The summed E-state index contributed by atoms with van der Waals surface area (Å²) in [4.78, 5) is 39.1. The van der Waals surface area contributed by atoms with Crippen LogP contribution < -0.4 is 14.8 Å². The molecule has 2 aromatic carbocycles. The molecule has 3 aromatic rings. The van der Waals surface area contributed by atoms with Crippen LogP contribution in [0, 0.1) is 11.2 Å². The predicted octanol–water partition coefficient (Wildman–Crippen LogP) is 5.32. The summed E-state index contributed by atoms with van der Waals surface area (Å²) in [7, 11) is 4.95. The first kappa shape index (κ1) is 30.6. The number of carbonyl (C=O) groups excluding carboxylic acids is 2. The minimum absolute atomic E-state index is 0.00650. The van der Waals surface area contributed by atoms with Gasteiger partial charge in [0.05, 0.1) is 23.9 Å². The maximum atomic E-state index is 15.4. The highest BCUT2D eigenvalue weighted by Gasteiger charge is 2.43. The molecule has 238 valence electrons. The minimum Gasteiger partial charge on any atom is -0.495 e. The normalized spacial score (nSPS) is 20.1. The number of rotatable bonds is 6. The Morgan fingerprint density at radius 3 is 2.62 bits per heavy atom. The van der Waals surface area contributed by atoms with Crippen molar-refractivity contribution in [1.29, 1.82) is 0 Å². The summed E-state index contributed by atoms with van der Waals surface area (Å²) in [5, 5.41) is 2.68. The van der Waals surface area contributed by atoms with Crippen LogP contribution >= 0.6 is 0 Å². The maximum Gasteiger partial charge on any atom is 0.423 e. The van der Waals surface area contributed by atoms with Crippen LogP contribution in [0.2, 0.25) is 0 Å². The minimum atomic E-state index is -4.88. The Morgan fingerprint density at radius 1 is 1.09 bits per heavy atom. The molecule has 3 aliphatic heterocycles. The van der Waals surface area contributed by atoms with Crippen LogP contribution in [0.1, 0.15) is 51.1 Å². The van der Waals surface area contributed by atoms with Crippen LogP contribution in [-0.4, -0.2) is 83.9 Å². The van der Waals surface area contributed by atoms with Crippen molar-refractivity contribution >= 4 is 23.5 Å². The fraction of sp³-hybridized carbons (Fsp3) is 0.419. The summed E-state index contributed by atoms with van der Waals surface area (Å²) in [6, 6.07) is 6.92. The first-order chi connectivity index (χ1) is 21.4. The van der Waals surface area contributed by atoms with E-state index in [2.05, 4.69) is 27.2 Å². The number of nitrogens with zero attached hydrogens (tertiary/aromatic N) is 5. The molecule has 1 spiro atoms. The summed E-state index contributed by atoms with van der Waals surface area (Å²) in [5.41, 5.74) is -0.718. The summed E-state index contributed by atoms with van der Waals surface area (Å²) in [5.74, 6) is -2.92. The van der Waals surface area contributed by atoms with E-state index in [1.807, 2.05) is 0 Å². The summed E-state index contributed by atoms with van der Waals surface area (Å²) in [6.07, 6.45) is -1.45. The molecule has 0 aliphatic carbocycles. The number of hydrogen-bond donors (Lipinski definition) is 1. The molecular weight excluding hydrogens is 596 g/mol. The zero-order valence-electron chi connectivity index (χ0n) is 25.0. The molecule has 1 N–H and O–H groups in total. The van der Waals surface area contributed by atoms with Crippen molar-refractivity contribution in [3.05, 3.63) is 64.6 Å². The Balaban J connectivity index is 1.27. The number of benzene rings is 2. The quantitative estimate of drug-likeness (QED) is 0.366. The van der Waals surface area contributed by atoms with Crippen molar-refractivity contribution in [3.8, 4) is 17.4 Å². The third-order valence-electron chi connectivity index (χ3n) is 8.69. The van der Waals surface area contributed by atoms with Crippen molar-refractivity contribution in [1.82, 2.24) is 24.7 Å². The second-order valence-electron chi connectivity index (χ2n) is 11.9. The third-order valence-corrected chi connectivity index (χ3v) is 8.69. The number of halogens is 4. The number of alkyl halides is 3.